The molecule has 0 amide bonds. The Balaban J connectivity index is 2.72. The van der Waals surface area contributed by atoms with Gasteiger partial charge in [-0.25, -0.2) is 4.98 Å². The van der Waals surface area contributed by atoms with Crippen molar-refractivity contribution in [1.82, 2.24) is 9.88 Å². The largest absolute Gasteiger partial charge is 0.357 e. The number of rotatable bonds is 8. The quantitative estimate of drug-likeness (QED) is 0.790. The van der Waals surface area contributed by atoms with Crippen LogP contribution in [0.25, 0.3) is 0 Å². The summed E-state index contributed by atoms with van der Waals surface area (Å²) < 4.78 is 0. The average molecular weight is 278 g/mol. The Bertz CT molecular complexity index is 401. The van der Waals surface area contributed by atoms with E-state index in [4.69, 9.17) is 5.73 Å². The van der Waals surface area contributed by atoms with Crippen LogP contribution < -0.4 is 10.6 Å². The molecular weight excluding hydrogens is 248 g/mol. The van der Waals surface area contributed by atoms with Crippen LogP contribution in [0.4, 0.5) is 5.82 Å². The van der Waals surface area contributed by atoms with E-state index in [1.807, 2.05) is 13.1 Å². The summed E-state index contributed by atoms with van der Waals surface area (Å²) in [4.78, 5) is 9.23. The summed E-state index contributed by atoms with van der Waals surface area (Å²) in [7, 11) is 4.23. The molecule has 1 rings (SSSR count). The van der Waals surface area contributed by atoms with Crippen LogP contribution in [0, 0.1) is 6.92 Å². The number of nitrogens with two attached hydrogens (primary N) is 1. The second kappa shape index (κ2) is 8.22. The van der Waals surface area contributed by atoms with Gasteiger partial charge < -0.3 is 15.5 Å². The first-order valence-corrected chi connectivity index (χ1v) is 7.54. The number of anilines is 1. The van der Waals surface area contributed by atoms with Gasteiger partial charge in [0.05, 0.1) is 0 Å². The van der Waals surface area contributed by atoms with Gasteiger partial charge in [0.25, 0.3) is 0 Å². The highest BCUT2D eigenvalue weighted by atomic mass is 15.2. The van der Waals surface area contributed by atoms with Crippen molar-refractivity contribution >= 4 is 5.82 Å². The molecule has 0 bridgehead atoms. The second-order valence-corrected chi connectivity index (χ2v) is 5.90. The van der Waals surface area contributed by atoms with E-state index >= 15 is 0 Å². The zero-order valence-corrected chi connectivity index (χ0v) is 13.7. The number of nitrogens with zero attached hydrogens (tertiary/aromatic N) is 3. The summed E-state index contributed by atoms with van der Waals surface area (Å²) >= 11 is 0. The summed E-state index contributed by atoms with van der Waals surface area (Å²) in [5.74, 6) is 1.11. The zero-order chi connectivity index (χ0) is 15.1. The number of aryl methyl sites for hydroxylation is 1. The lowest BCUT2D eigenvalue weighted by Gasteiger charge is -2.25. The molecule has 0 saturated heterocycles. The van der Waals surface area contributed by atoms with Crippen molar-refractivity contribution in [3.8, 4) is 0 Å². The molecule has 1 aromatic rings. The molecular formula is C16H30N4. The standard InChI is InChI=1S/C16H30N4/c1-6-20(9-7-8-19(4)5)16-13(2)10-15(12-18-16)11-14(3)17/h10,12,14H,6-9,11,17H2,1-5H3. The lowest BCUT2D eigenvalue weighted by molar-refractivity contribution is 0.400. The third-order valence-corrected chi connectivity index (χ3v) is 3.38. The third-order valence-electron chi connectivity index (χ3n) is 3.38. The highest BCUT2D eigenvalue weighted by Crippen LogP contribution is 2.18. The van der Waals surface area contributed by atoms with Crippen LogP contribution >= 0.6 is 0 Å². The maximum Gasteiger partial charge on any atom is 0.131 e. The van der Waals surface area contributed by atoms with Gasteiger partial charge in [-0.1, -0.05) is 6.07 Å². The predicted molar refractivity (Wildman–Crippen MR) is 87.4 cm³/mol. The topological polar surface area (TPSA) is 45.4 Å². The smallest absolute Gasteiger partial charge is 0.131 e. The van der Waals surface area contributed by atoms with Crippen molar-refractivity contribution in [3.63, 3.8) is 0 Å². The molecule has 20 heavy (non-hydrogen) atoms. The first-order chi connectivity index (χ1) is 9.43. The van der Waals surface area contributed by atoms with Crippen LogP contribution in [0.2, 0.25) is 0 Å². The second-order valence-electron chi connectivity index (χ2n) is 5.90. The van der Waals surface area contributed by atoms with Crippen LogP contribution in [0.15, 0.2) is 12.3 Å². The number of pyridine rings is 1. The van der Waals surface area contributed by atoms with Gasteiger partial charge in [0.2, 0.25) is 0 Å². The summed E-state index contributed by atoms with van der Waals surface area (Å²) in [6.45, 7) is 9.51. The first kappa shape index (κ1) is 16.9. The molecule has 1 unspecified atom stereocenters. The van der Waals surface area contributed by atoms with Gasteiger partial charge in [-0.15, -0.1) is 0 Å². The molecule has 0 radical (unpaired) electrons. The van der Waals surface area contributed by atoms with Gasteiger partial charge in [-0.3, -0.25) is 0 Å². The molecule has 0 aromatic carbocycles. The van der Waals surface area contributed by atoms with E-state index in [1.54, 1.807) is 0 Å². The Labute approximate surface area is 124 Å². The van der Waals surface area contributed by atoms with E-state index in [0.29, 0.717) is 0 Å². The van der Waals surface area contributed by atoms with E-state index in [1.165, 1.54) is 11.1 Å². The summed E-state index contributed by atoms with van der Waals surface area (Å²) in [5.41, 5.74) is 8.32. The van der Waals surface area contributed by atoms with Crippen molar-refractivity contribution < 1.29 is 0 Å². The molecule has 0 aliphatic carbocycles. The van der Waals surface area contributed by atoms with Crippen LogP contribution in [0.3, 0.4) is 0 Å². The molecule has 4 nitrogen and oxygen atoms in total. The molecule has 1 atom stereocenters. The van der Waals surface area contributed by atoms with E-state index in [0.717, 1.165) is 38.3 Å². The predicted octanol–water partition coefficient (Wildman–Crippen LogP) is 2.06. The fraction of sp³-hybridized carbons (Fsp3) is 0.688. The van der Waals surface area contributed by atoms with Gasteiger partial charge >= 0.3 is 0 Å². The van der Waals surface area contributed by atoms with Crippen LogP contribution in [-0.4, -0.2) is 49.7 Å². The van der Waals surface area contributed by atoms with Gasteiger partial charge in [0.15, 0.2) is 0 Å². The van der Waals surface area contributed by atoms with Crippen molar-refractivity contribution in [2.45, 2.75) is 39.7 Å². The third kappa shape index (κ3) is 5.47. The van der Waals surface area contributed by atoms with E-state index in [9.17, 15) is 0 Å². The molecule has 0 fully saturated rings. The molecule has 1 aromatic heterocycles. The van der Waals surface area contributed by atoms with Crippen molar-refractivity contribution in [1.29, 1.82) is 0 Å². The summed E-state index contributed by atoms with van der Waals surface area (Å²) in [5, 5.41) is 0. The molecule has 0 spiro atoms. The minimum atomic E-state index is 0.185. The summed E-state index contributed by atoms with van der Waals surface area (Å²) in [6, 6.07) is 2.41. The molecule has 1 heterocycles. The molecule has 2 N–H and O–H groups in total. The number of hydrogen-bond acceptors (Lipinski definition) is 4. The number of aromatic nitrogens is 1. The minimum Gasteiger partial charge on any atom is -0.357 e. The lowest BCUT2D eigenvalue weighted by atomic mass is 10.1. The fourth-order valence-corrected chi connectivity index (χ4v) is 2.43. The zero-order valence-electron chi connectivity index (χ0n) is 13.7. The monoisotopic (exact) mass is 278 g/mol. The van der Waals surface area contributed by atoms with E-state index in [2.05, 4.69) is 48.8 Å². The van der Waals surface area contributed by atoms with E-state index < -0.39 is 0 Å². The Morgan fingerprint density at radius 3 is 2.50 bits per heavy atom. The Kier molecular flexibility index (Phi) is 6.96. The summed E-state index contributed by atoms with van der Waals surface area (Å²) in [6.07, 6.45) is 4.02. The highest BCUT2D eigenvalue weighted by molar-refractivity contribution is 5.47. The van der Waals surface area contributed by atoms with Gasteiger partial charge in [0, 0.05) is 25.3 Å². The Morgan fingerprint density at radius 2 is 2.00 bits per heavy atom. The van der Waals surface area contributed by atoms with Gasteiger partial charge in [-0.05, 0) is 65.4 Å². The van der Waals surface area contributed by atoms with Crippen LogP contribution in [-0.2, 0) is 6.42 Å². The minimum absolute atomic E-state index is 0.185. The average Bonchev–Trinajstić information content (AvgIpc) is 2.34. The molecule has 114 valence electrons. The van der Waals surface area contributed by atoms with Crippen LogP contribution in [0.5, 0.6) is 0 Å². The highest BCUT2D eigenvalue weighted by Gasteiger charge is 2.10. The molecule has 0 aliphatic rings. The first-order valence-electron chi connectivity index (χ1n) is 7.54. The van der Waals surface area contributed by atoms with Gasteiger partial charge in [-0.2, -0.15) is 0 Å². The fourth-order valence-electron chi connectivity index (χ4n) is 2.43. The normalized spacial score (nSPS) is 12.8. The molecule has 0 aliphatic heterocycles. The SMILES string of the molecule is CCN(CCCN(C)C)c1ncc(CC(C)N)cc1C. The molecule has 0 saturated carbocycles. The van der Waals surface area contributed by atoms with Crippen molar-refractivity contribution in [3.05, 3.63) is 23.4 Å². The van der Waals surface area contributed by atoms with Gasteiger partial charge in [0.1, 0.15) is 5.82 Å². The lowest BCUT2D eigenvalue weighted by Crippen LogP contribution is -2.28. The Hall–Kier alpha value is -1.13. The molecule has 4 heteroatoms. The maximum absolute atomic E-state index is 5.85. The maximum atomic E-state index is 5.85. The van der Waals surface area contributed by atoms with Crippen molar-refractivity contribution in [2.24, 2.45) is 5.73 Å². The Morgan fingerprint density at radius 1 is 1.30 bits per heavy atom. The van der Waals surface area contributed by atoms with Crippen molar-refractivity contribution in [2.75, 3.05) is 38.6 Å². The van der Waals surface area contributed by atoms with E-state index in [-0.39, 0.29) is 6.04 Å². The number of hydrogen-bond donors (Lipinski definition) is 1. The van der Waals surface area contributed by atoms with Crippen LogP contribution in [0.1, 0.15) is 31.4 Å².